The molecule has 4 rings (SSSR count). The molecule has 10 heteroatoms. The van der Waals surface area contributed by atoms with E-state index in [0.717, 1.165) is 19.0 Å². The van der Waals surface area contributed by atoms with Crippen molar-refractivity contribution >= 4 is 40.2 Å². The van der Waals surface area contributed by atoms with Gasteiger partial charge in [0.1, 0.15) is 11.9 Å². The maximum absolute atomic E-state index is 15.7. The number of nitrogens with zero attached hydrogens (tertiary/aromatic N) is 2. The van der Waals surface area contributed by atoms with E-state index in [1.54, 1.807) is 24.3 Å². The highest BCUT2D eigenvalue weighted by atomic mass is 35.5. The van der Waals surface area contributed by atoms with Crippen LogP contribution >= 0.6 is 23.4 Å². The molecule has 1 unspecified atom stereocenters. The van der Waals surface area contributed by atoms with E-state index in [2.05, 4.69) is 9.88 Å². The molecular formula is C29H32ClF3N2O3S. The predicted octanol–water partition coefficient (Wildman–Crippen LogP) is 7.71. The number of hydrogen-bond donors (Lipinski definition) is 1. The summed E-state index contributed by atoms with van der Waals surface area (Å²) in [5.41, 5.74) is 0.472. The summed E-state index contributed by atoms with van der Waals surface area (Å²) in [6.07, 6.45) is 2.72. The molecule has 2 aromatic carbocycles. The van der Waals surface area contributed by atoms with Crippen molar-refractivity contribution in [3.05, 3.63) is 64.8 Å². The van der Waals surface area contributed by atoms with Crippen molar-refractivity contribution in [3.63, 3.8) is 0 Å². The zero-order valence-corrected chi connectivity index (χ0v) is 23.3. The Kier molecular flexibility index (Phi) is 10.0. The van der Waals surface area contributed by atoms with Crippen molar-refractivity contribution in [1.82, 2.24) is 9.88 Å². The number of carboxylic acids is 1. The topological polar surface area (TPSA) is 62.7 Å². The quantitative estimate of drug-likeness (QED) is 0.175. The largest absolute Gasteiger partial charge is 0.497 e. The van der Waals surface area contributed by atoms with Crippen LogP contribution in [0, 0.1) is 17.0 Å². The zero-order valence-electron chi connectivity index (χ0n) is 21.8. The van der Waals surface area contributed by atoms with Gasteiger partial charge in [-0.1, -0.05) is 17.7 Å². The molecule has 0 amide bonds. The minimum Gasteiger partial charge on any atom is -0.497 e. The van der Waals surface area contributed by atoms with E-state index in [1.807, 2.05) is 0 Å². The Morgan fingerprint density at radius 1 is 1.26 bits per heavy atom. The van der Waals surface area contributed by atoms with Gasteiger partial charge in [-0.05, 0) is 93.2 Å². The number of aromatic nitrogens is 1. The van der Waals surface area contributed by atoms with Crippen LogP contribution < -0.4 is 4.74 Å². The van der Waals surface area contributed by atoms with Crippen molar-refractivity contribution in [3.8, 4) is 5.75 Å². The normalized spacial score (nSPS) is 16.3. The van der Waals surface area contributed by atoms with E-state index in [9.17, 15) is 18.7 Å². The van der Waals surface area contributed by atoms with E-state index >= 15 is 4.39 Å². The van der Waals surface area contributed by atoms with Crippen molar-refractivity contribution in [2.75, 3.05) is 32.5 Å². The summed E-state index contributed by atoms with van der Waals surface area (Å²) in [5.74, 6) is -1.32. The van der Waals surface area contributed by atoms with Crippen LogP contribution in [0.1, 0.15) is 50.3 Å². The number of alkyl halides is 1. The molecule has 39 heavy (non-hydrogen) atoms. The Balaban J connectivity index is 1.35. The number of thioether (sulfide) groups is 1. The van der Waals surface area contributed by atoms with Crippen LogP contribution in [0.4, 0.5) is 13.2 Å². The van der Waals surface area contributed by atoms with Gasteiger partial charge in [0.05, 0.1) is 24.1 Å². The van der Waals surface area contributed by atoms with Gasteiger partial charge in [-0.3, -0.25) is 9.78 Å². The molecule has 3 aromatic rings. The van der Waals surface area contributed by atoms with Crippen molar-refractivity contribution < 1.29 is 27.8 Å². The van der Waals surface area contributed by atoms with Gasteiger partial charge in [-0.15, -0.1) is 11.8 Å². The zero-order chi connectivity index (χ0) is 28.0. The fourth-order valence-corrected chi connectivity index (χ4v) is 6.50. The van der Waals surface area contributed by atoms with Crippen LogP contribution in [0.25, 0.3) is 10.9 Å². The maximum atomic E-state index is 15.7. The van der Waals surface area contributed by atoms with Crippen LogP contribution in [-0.2, 0) is 4.79 Å². The van der Waals surface area contributed by atoms with Crippen molar-refractivity contribution in [1.29, 1.82) is 0 Å². The Hall–Kier alpha value is -2.49. The first-order valence-electron chi connectivity index (χ1n) is 13.0. The number of rotatable bonds is 12. The smallest absolute Gasteiger partial charge is 0.303 e. The number of benzene rings is 2. The Morgan fingerprint density at radius 2 is 2.03 bits per heavy atom. The summed E-state index contributed by atoms with van der Waals surface area (Å²) in [4.78, 5) is 18.6. The number of likely N-dealkylation sites (tertiary alicyclic amines) is 1. The first-order valence-corrected chi connectivity index (χ1v) is 14.3. The number of aliphatic carboxylic acids is 1. The molecule has 1 fully saturated rings. The summed E-state index contributed by atoms with van der Waals surface area (Å²) in [6, 6.07) is 9.41. The highest BCUT2D eigenvalue weighted by Crippen LogP contribution is 2.44. The third-order valence-electron chi connectivity index (χ3n) is 7.54. The van der Waals surface area contributed by atoms with E-state index in [-0.39, 0.29) is 17.9 Å². The Morgan fingerprint density at radius 3 is 2.74 bits per heavy atom. The number of halogens is 4. The van der Waals surface area contributed by atoms with Crippen molar-refractivity contribution in [2.24, 2.45) is 5.41 Å². The summed E-state index contributed by atoms with van der Waals surface area (Å²) in [5, 5.41) is 10.5. The van der Waals surface area contributed by atoms with E-state index in [4.69, 9.17) is 16.3 Å². The number of fused-ring (bicyclic) bond motifs is 1. The monoisotopic (exact) mass is 580 g/mol. The van der Waals surface area contributed by atoms with Crippen LogP contribution in [0.15, 0.2) is 47.5 Å². The second-order valence-electron chi connectivity index (χ2n) is 10.1. The van der Waals surface area contributed by atoms with Crippen LogP contribution in [0.3, 0.4) is 0 Å². The van der Waals surface area contributed by atoms with E-state index in [1.165, 1.54) is 31.1 Å². The molecule has 1 atom stereocenters. The molecule has 5 nitrogen and oxygen atoms in total. The minimum absolute atomic E-state index is 0.0130. The maximum Gasteiger partial charge on any atom is 0.303 e. The molecule has 0 saturated carbocycles. The third-order valence-corrected chi connectivity index (χ3v) is 8.97. The average molecular weight is 581 g/mol. The van der Waals surface area contributed by atoms with Crippen LogP contribution in [0.2, 0.25) is 5.02 Å². The molecule has 1 aliphatic heterocycles. The van der Waals surface area contributed by atoms with Gasteiger partial charge in [0.15, 0.2) is 11.6 Å². The lowest BCUT2D eigenvalue weighted by Gasteiger charge is -2.41. The number of piperidine rings is 1. The fraction of sp³-hybridized carbons (Fsp3) is 0.448. The molecule has 210 valence electrons. The molecule has 0 radical (unpaired) electrons. The van der Waals surface area contributed by atoms with Gasteiger partial charge in [0, 0.05) is 22.0 Å². The Labute approximate surface area is 235 Å². The van der Waals surface area contributed by atoms with Gasteiger partial charge in [-0.2, -0.15) is 0 Å². The standard InChI is InChI=1S/C29H32ClF3N2O3S/c1-38-19-6-7-24-20(16-19)27(21(30)18-34-24)22(31)8-9-29(17-26(36)37)10-13-35(14-11-29)12-3-15-39-25-5-2-4-23(32)28(25)33/h2,4-7,16,18,22H,3,8-15,17H2,1H3,(H,36,37). The predicted molar refractivity (Wildman–Crippen MR) is 148 cm³/mol. The molecule has 0 aliphatic carbocycles. The third kappa shape index (κ3) is 7.38. The number of carboxylic acid groups (broad SMARTS) is 1. The van der Waals surface area contributed by atoms with Gasteiger partial charge in [0.25, 0.3) is 0 Å². The van der Waals surface area contributed by atoms with Crippen LogP contribution in [-0.4, -0.2) is 53.5 Å². The number of ether oxygens (including phenoxy) is 1. The molecule has 2 heterocycles. The van der Waals surface area contributed by atoms with Gasteiger partial charge in [-0.25, -0.2) is 13.2 Å². The van der Waals surface area contributed by atoms with Crippen molar-refractivity contribution in [2.45, 2.75) is 49.6 Å². The number of pyridine rings is 1. The lowest BCUT2D eigenvalue weighted by molar-refractivity contribution is -0.141. The van der Waals surface area contributed by atoms with E-state index in [0.29, 0.717) is 65.2 Å². The molecule has 0 spiro atoms. The molecule has 1 N–H and O–H groups in total. The van der Waals surface area contributed by atoms with Gasteiger partial charge < -0.3 is 14.7 Å². The lowest BCUT2D eigenvalue weighted by Crippen LogP contribution is -2.41. The summed E-state index contributed by atoms with van der Waals surface area (Å²) >= 11 is 7.67. The summed E-state index contributed by atoms with van der Waals surface area (Å²) < 4.78 is 48.3. The average Bonchev–Trinajstić information content (AvgIpc) is 2.92. The highest BCUT2D eigenvalue weighted by molar-refractivity contribution is 7.99. The van der Waals surface area contributed by atoms with Gasteiger partial charge >= 0.3 is 5.97 Å². The number of carbonyl (C=O) groups is 1. The number of methoxy groups -OCH3 is 1. The first kappa shape index (κ1) is 29.5. The molecule has 0 bridgehead atoms. The van der Waals surface area contributed by atoms with Gasteiger partial charge in [0.2, 0.25) is 0 Å². The lowest BCUT2D eigenvalue weighted by atomic mass is 9.71. The highest BCUT2D eigenvalue weighted by Gasteiger charge is 2.37. The SMILES string of the molecule is COc1ccc2ncc(Cl)c(C(F)CCC3(CC(=O)O)CCN(CCCSc4cccc(F)c4F)CC3)c2c1. The summed E-state index contributed by atoms with van der Waals surface area (Å²) in [6.45, 7) is 2.19. The first-order chi connectivity index (χ1) is 18.7. The molecule has 1 saturated heterocycles. The van der Waals surface area contributed by atoms with Crippen LogP contribution in [0.5, 0.6) is 5.75 Å². The summed E-state index contributed by atoms with van der Waals surface area (Å²) in [7, 11) is 1.54. The second kappa shape index (κ2) is 13.2. The van der Waals surface area contributed by atoms with E-state index < -0.39 is 29.2 Å². The molecule has 1 aromatic heterocycles. The molecular weight excluding hydrogens is 549 g/mol. The second-order valence-corrected chi connectivity index (χ2v) is 11.6. The minimum atomic E-state index is -1.38. The number of hydrogen-bond acceptors (Lipinski definition) is 5. The fourth-order valence-electron chi connectivity index (χ4n) is 5.34. The Bertz CT molecular complexity index is 1300. The molecule has 1 aliphatic rings.